The number of nitrogens with zero attached hydrogens (tertiary/aromatic N) is 5. The van der Waals surface area contributed by atoms with Crippen LogP contribution in [-0.2, 0) is 0 Å². The number of pyridine rings is 1. The Morgan fingerprint density at radius 2 is 1.77 bits per heavy atom. The minimum atomic E-state index is 0.408. The summed E-state index contributed by atoms with van der Waals surface area (Å²) in [4.78, 5) is 13.1. The highest BCUT2D eigenvalue weighted by Crippen LogP contribution is 2.24. The second-order valence-electron chi connectivity index (χ2n) is 4.80. The van der Waals surface area contributed by atoms with Crippen LogP contribution in [0, 0.1) is 0 Å². The van der Waals surface area contributed by atoms with E-state index in [1.807, 2.05) is 42.5 Å². The third kappa shape index (κ3) is 1.98. The Balaban J connectivity index is 1.97. The predicted molar refractivity (Wildman–Crippen MR) is 84.3 cm³/mol. The quantitative estimate of drug-likeness (QED) is 0.612. The van der Waals surface area contributed by atoms with Crippen molar-refractivity contribution in [1.82, 2.24) is 24.7 Å². The SMILES string of the molecule is Nc1nc(-c2cccnc2)nc2c1cnn2-c1ccccc1. The molecule has 0 spiro atoms. The lowest BCUT2D eigenvalue weighted by molar-refractivity contribution is 0.896. The van der Waals surface area contributed by atoms with Crippen LogP contribution in [0.5, 0.6) is 0 Å². The van der Waals surface area contributed by atoms with Crippen molar-refractivity contribution in [3.8, 4) is 17.1 Å². The van der Waals surface area contributed by atoms with E-state index in [1.165, 1.54) is 0 Å². The van der Waals surface area contributed by atoms with Crippen molar-refractivity contribution in [2.24, 2.45) is 0 Å². The van der Waals surface area contributed by atoms with E-state index in [0.717, 1.165) is 16.6 Å². The molecule has 0 aliphatic heterocycles. The number of fused-ring (bicyclic) bond motifs is 1. The number of nitrogen functional groups attached to an aromatic ring is 1. The van der Waals surface area contributed by atoms with Crippen molar-refractivity contribution in [3.05, 3.63) is 61.1 Å². The normalized spacial score (nSPS) is 10.9. The number of hydrogen-bond donors (Lipinski definition) is 1. The van der Waals surface area contributed by atoms with Crippen LogP contribution in [0.2, 0.25) is 0 Å². The van der Waals surface area contributed by atoms with Crippen LogP contribution in [0.15, 0.2) is 61.1 Å². The van der Waals surface area contributed by atoms with Gasteiger partial charge in [-0.2, -0.15) is 5.10 Å². The van der Waals surface area contributed by atoms with Crippen LogP contribution in [-0.4, -0.2) is 24.7 Å². The van der Waals surface area contributed by atoms with Gasteiger partial charge >= 0.3 is 0 Å². The van der Waals surface area contributed by atoms with Crippen molar-refractivity contribution in [1.29, 1.82) is 0 Å². The molecule has 0 radical (unpaired) electrons. The Kier molecular flexibility index (Phi) is 2.79. The zero-order valence-corrected chi connectivity index (χ0v) is 11.6. The van der Waals surface area contributed by atoms with Gasteiger partial charge in [0.25, 0.3) is 0 Å². The lowest BCUT2D eigenvalue weighted by Gasteiger charge is -2.05. The predicted octanol–water partition coefficient (Wildman–Crippen LogP) is 2.46. The summed E-state index contributed by atoms with van der Waals surface area (Å²) in [5, 5.41) is 5.11. The van der Waals surface area contributed by atoms with Crippen molar-refractivity contribution in [2.75, 3.05) is 5.73 Å². The molecule has 0 atom stereocenters. The Morgan fingerprint density at radius 3 is 2.55 bits per heavy atom. The van der Waals surface area contributed by atoms with Gasteiger partial charge in [-0.05, 0) is 24.3 Å². The average Bonchev–Trinajstić information content (AvgIpc) is 3.01. The van der Waals surface area contributed by atoms with Gasteiger partial charge in [0.1, 0.15) is 5.82 Å². The van der Waals surface area contributed by atoms with Gasteiger partial charge in [0.2, 0.25) is 0 Å². The summed E-state index contributed by atoms with van der Waals surface area (Å²) in [7, 11) is 0. The summed E-state index contributed by atoms with van der Waals surface area (Å²) in [6.07, 6.45) is 5.11. The van der Waals surface area contributed by atoms with Crippen molar-refractivity contribution < 1.29 is 0 Å². The van der Waals surface area contributed by atoms with E-state index in [9.17, 15) is 0 Å². The number of aromatic nitrogens is 5. The summed E-state index contributed by atoms with van der Waals surface area (Å²) in [5.74, 6) is 0.946. The number of rotatable bonds is 2. The molecule has 6 heteroatoms. The van der Waals surface area contributed by atoms with Gasteiger partial charge in [-0.15, -0.1) is 0 Å². The van der Waals surface area contributed by atoms with Gasteiger partial charge in [0, 0.05) is 18.0 Å². The van der Waals surface area contributed by atoms with Crippen molar-refractivity contribution in [3.63, 3.8) is 0 Å². The third-order valence-corrected chi connectivity index (χ3v) is 3.38. The molecular weight excluding hydrogens is 276 g/mol. The molecule has 3 aromatic heterocycles. The largest absolute Gasteiger partial charge is 0.383 e. The van der Waals surface area contributed by atoms with E-state index < -0.39 is 0 Å². The molecule has 0 unspecified atom stereocenters. The number of para-hydroxylation sites is 1. The average molecular weight is 288 g/mol. The van der Waals surface area contributed by atoms with E-state index >= 15 is 0 Å². The van der Waals surface area contributed by atoms with E-state index in [-0.39, 0.29) is 0 Å². The summed E-state index contributed by atoms with van der Waals surface area (Å²) >= 11 is 0. The van der Waals surface area contributed by atoms with E-state index in [1.54, 1.807) is 23.3 Å². The standard InChI is InChI=1S/C16H12N6/c17-14-13-10-19-22(12-6-2-1-3-7-12)16(13)21-15(20-14)11-5-4-8-18-9-11/h1-10H,(H2,17,20,21). The first-order valence-electron chi connectivity index (χ1n) is 6.80. The van der Waals surface area contributed by atoms with Gasteiger partial charge in [0.15, 0.2) is 11.5 Å². The lowest BCUT2D eigenvalue weighted by Crippen LogP contribution is -2.01. The smallest absolute Gasteiger partial charge is 0.169 e. The first kappa shape index (κ1) is 12.5. The molecule has 2 N–H and O–H groups in total. The zero-order valence-electron chi connectivity index (χ0n) is 11.6. The van der Waals surface area contributed by atoms with Crippen LogP contribution < -0.4 is 5.73 Å². The van der Waals surface area contributed by atoms with Gasteiger partial charge in [-0.1, -0.05) is 18.2 Å². The molecule has 0 fully saturated rings. The van der Waals surface area contributed by atoms with Gasteiger partial charge in [0.05, 0.1) is 17.3 Å². The molecular formula is C16H12N6. The molecule has 0 aliphatic carbocycles. The maximum absolute atomic E-state index is 6.06. The van der Waals surface area contributed by atoms with Crippen LogP contribution in [0.25, 0.3) is 28.1 Å². The Morgan fingerprint density at radius 1 is 0.909 bits per heavy atom. The van der Waals surface area contributed by atoms with Crippen LogP contribution in [0.1, 0.15) is 0 Å². The highest BCUT2D eigenvalue weighted by Gasteiger charge is 2.13. The van der Waals surface area contributed by atoms with E-state index in [0.29, 0.717) is 17.3 Å². The lowest BCUT2D eigenvalue weighted by atomic mass is 10.2. The van der Waals surface area contributed by atoms with Gasteiger partial charge < -0.3 is 5.73 Å². The Labute approximate surface area is 126 Å². The fourth-order valence-electron chi connectivity index (χ4n) is 2.31. The number of benzene rings is 1. The van der Waals surface area contributed by atoms with E-state index in [4.69, 9.17) is 5.73 Å². The molecule has 4 aromatic rings. The summed E-state index contributed by atoms with van der Waals surface area (Å²) in [6.45, 7) is 0. The third-order valence-electron chi connectivity index (χ3n) is 3.38. The van der Waals surface area contributed by atoms with Crippen LogP contribution >= 0.6 is 0 Å². The number of anilines is 1. The fourth-order valence-corrected chi connectivity index (χ4v) is 2.31. The zero-order chi connectivity index (χ0) is 14.9. The summed E-state index contributed by atoms with van der Waals surface area (Å²) in [5.41, 5.74) is 8.48. The monoisotopic (exact) mass is 288 g/mol. The molecule has 0 bridgehead atoms. The molecule has 6 nitrogen and oxygen atoms in total. The van der Waals surface area contributed by atoms with Crippen LogP contribution in [0.4, 0.5) is 5.82 Å². The van der Waals surface area contributed by atoms with Crippen molar-refractivity contribution >= 4 is 16.9 Å². The Hall–Kier alpha value is -3.28. The first-order valence-corrected chi connectivity index (χ1v) is 6.80. The maximum atomic E-state index is 6.06. The summed E-state index contributed by atoms with van der Waals surface area (Å²) in [6, 6.07) is 13.5. The molecule has 3 heterocycles. The molecule has 0 amide bonds. The van der Waals surface area contributed by atoms with Gasteiger partial charge in [-0.3, -0.25) is 4.98 Å². The second-order valence-corrected chi connectivity index (χ2v) is 4.80. The topological polar surface area (TPSA) is 82.5 Å². The minimum Gasteiger partial charge on any atom is -0.383 e. The molecule has 0 saturated heterocycles. The molecule has 22 heavy (non-hydrogen) atoms. The molecule has 0 aliphatic rings. The first-order chi connectivity index (χ1) is 10.8. The number of hydrogen-bond acceptors (Lipinski definition) is 5. The maximum Gasteiger partial charge on any atom is 0.169 e. The highest BCUT2D eigenvalue weighted by molar-refractivity contribution is 5.87. The van der Waals surface area contributed by atoms with Crippen molar-refractivity contribution in [2.45, 2.75) is 0 Å². The number of nitrogens with two attached hydrogens (primary N) is 1. The van der Waals surface area contributed by atoms with Crippen LogP contribution in [0.3, 0.4) is 0 Å². The van der Waals surface area contributed by atoms with E-state index in [2.05, 4.69) is 20.1 Å². The molecule has 0 saturated carbocycles. The summed E-state index contributed by atoms with van der Waals surface area (Å²) < 4.78 is 1.76. The van der Waals surface area contributed by atoms with Gasteiger partial charge in [-0.25, -0.2) is 14.6 Å². The molecule has 106 valence electrons. The molecule has 4 rings (SSSR count). The Bertz CT molecular complexity index is 931. The highest BCUT2D eigenvalue weighted by atomic mass is 15.3. The second kappa shape index (κ2) is 4.92. The minimum absolute atomic E-state index is 0.408. The molecule has 1 aromatic carbocycles. The fraction of sp³-hybridized carbons (Fsp3) is 0.